The summed E-state index contributed by atoms with van der Waals surface area (Å²) in [5.74, 6) is 1.57. The molecule has 2 N–H and O–H groups in total. The molecule has 0 spiro atoms. The number of carbonyl (C=O) groups is 1. The van der Waals surface area contributed by atoms with E-state index in [4.69, 9.17) is 10.5 Å². The van der Waals surface area contributed by atoms with Crippen LogP contribution in [0.15, 0.2) is 12.3 Å². The highest BCUT2D eigenvalue weighted by atomic mass is 16.5. The van der Waals surface area contributed by atoms with Crippen LogP contribution in [0, 0.1) is 5.92 Å². The minimum absolute atomic E-state index is 0.225. The van der Waals surface area contributed by atoms with Crippen molar-refractivity contribution in [3.8, 4) is 5.88 Å². The largest absolute Gasteiger partial charge is 0.478 e. The predicted molar refractivity (Wildman–Crippen MR) is 76.6 cm³/mol. The SMILES string of the molecule is CCOc1ccnc(N2CCC[C@@H](CCC(N)=O)C2)n1. The Morgan fingerprint density at radius 2 is 2.45 bits per heavy atom. The summed E-state index contributed by atoms with van der Waals surface area (Å²) in [6.07, 6.45) is 5.25. The Hall–Kier alpha value is -1.85. The van der Waals surface area contributed by atoms with Gasteiger partial charge in [0.25, 0.3) is 0 Å². The third-order valence-corrected chi connectivity index (χ3v) is 3.51. The van der Waals surface area contributed by atoms with Gasteiger partial charge in [-0.3, -0.25) is 4.79 Å². The molecule has 6 heteroatoms. The Labute approximate surface area is 119 Å². The monoisotopic (exact) mass is 278 g/mol. The summed E-state index contributed by atoms with van der Waals surface area (Å²) in [5, 5.41) is 0. The van der Waals surface area contributed by atoms with Crippen LogP contribution in [0.1, 0.15) is 32.6 Å². The molecule has 0 unspecified atom stereocenters. The summed E-state index contributed by atoms with van der Waals surface area (Å²) in [6.45, 7) is 4.35. The minimum atomic E-state index is -0.225. The van der Waals surface area contributed by atoms with Crippen molar-refractivity contribution in [1.29, 1.82) is 0 Å². The lowest BCUT2D eigenvalue weighted by atomic mass is 9.93. The van der Waals surface area contributed by atoms with Crippen molar-refractivity contribution < 1.29 is 9.53 Å². The van der Waals surface area contributed by atoms with Gasteiger partial charge in [-0.25, -0.2) is 4.98 Å². The van der Waals surface area contributed by atoms with Crippen molar-refractivity contribution in [1.82, 2.24) is 9.97 Å². The second-order valence-corrected chi connectivity index (χ2v) is 5.09. The van der Waals surface area contributed by atoms with E-state index in [0.717, 1.165) is 32.4 Å². The lowest BCUT2D eigenvalue weighted by Crippen LogP contribution is -2.37. The van der Waals surface area contributed by atoms with Crippen molar-refractivity contribution in [3.63, 3.8) is 0 Å². The van der Waals surface area contributed by atoms with Gasteiger partial charge >= 0.3 is 0 Å². The average molecular weight is 278 g/mol. The first-order chi connectivity index (χ1) is 9.69. The molecule has 2 heterocycles. The van der Waals surface area contributed by atoms with Crippen LogP contribution in [-0.4, -0.2) is 35.6 Å². The first-order valence-electron chi connectivity index (χ1n) is 7.18. The van der Waals surface area contributed by atoms with E-state index in [0.29, 0.717) is 30.8 Å². The van der Waals surface area contributed by atoms with Gasteiger partial charge in [0.1, 0.15) is 0 Å². The number of primary amides is 1. The van der Waals surface area contributed by atoms with Crippen LogP contribution >= 0.6 is 0 Å². The molecule has 0 saturated carbocycles. The molecule has 20 heavy (non-hydrogen) atoms. The fourth-order valence-electron chi connectivity index (χ4n) is 2.54. The number of aromatic nitrogens is 2. The van der Waals surface area contributed by atoms with Crippen LogP contribution in [0.25, 0.3) is 0 Å². The zero-order valence-electron chi connectivity index (χ0n) is 11.9. The smallest absolute Gasteiger partial charge is 0.228 e. The molecule has 1 aromatic rings. The number of ether oxygens (including phenoxy) is 1. The molecule has 1 aliphatic rings. The van der Waals surface area contributed by atoms with Crippen LogP contribution < -0.4 is 15.4 Å². The fraction of sp³-hybridized carbons (Fsp3) is 0.643. The number of amides is 1. The van der Waals surface area contributed by atoms with E-state index in [1.165, 1.54) is 0 Å². The molecule has 6 nitrogen and oxygen atoms in total. The van der Waals surface area contributed by atoms with Crippen molar-refractivity contribution in [2.24, 2.45) is 11.7 Å². The lowest BCUT2D eigenvalue weighted by Gasteiger charge is -2.32. The van der Waals surface area contributed by atoms with Crippen LogP contribution in [-0.2, 0) is 4.79 Å². The number of hydrogen-bond donors (Lipinski definition) is 1. The maximum absolute atomic E-state index is 10.9. The summed E-state index contributed by atoms with van der Waals surface area (Å²) in [4.78, 5) is 21.8. The summed E-state index contributed by atoms with van der Waals surface area (Å²) in [6, 6.07) is 1.77. The molecule has 1 aromatic heterocycles. The zero-order valence-corrected chi connectivity index (χ0v) is 11.9. The molecule has 1 amide bonds. The van der Waals surface area contributed by atoms with Gasteiger partial charge in [-0.2, -0.15) is 4.98 Å². The van der Waals surface area contributed by atoms with E-state index in [9.17, 15) is 4.79 Å². The number of hydrogen-bond acceptors (Lipinski definition) is 5. The Bertz CT molecular complexity index is 453. The van der Waals surface area contributed by atoms with E-state index in [1.807, 2.05) is 6.92 Å². The molecule has 0 radical (unpaired) electrons. The molecule has 2 rings (SSSR count). The summed E-state index contributed by atoms with van der Waals surface area (Å²) in [5.41, 5.74) is 5.21. The number of rotatable bonds is 6. The Kier molecular flexibility index (Phi) is 5.15. The number of piperidine rings is 1. The summed E-state index contributed by atoms with van der Waals surface area (Å²) < 4.78 is 5.40. The van der Waals surface area contributed by atoms with Crippen molar-refractivity contribution in [3.05, 3.63) is 12.3 Å². The molecule has 110 valence electrons. The molecule has 1 atom stereocenters. The van der Waals surface area contributed by atoms with Crippen LogP contribution in [0.3, 0.4) is 0 Å². The summed E-state index contributed by atoms with van der Waals surface area (Å²) in [7, 11) is 0. The molecular formula is C14H22N4O2. The number of anilines is 1. The van der Waals surface area contributed by atoms with Gasteiger partial charge in [0, 0.05) is 31.8 Å². The zero-order chi connectivity index (χ0) is 14.4. The highest BCUT2D eigenvalue weighted by Crippen LogP contribution is 2.24. The lowest BCUT2D eigenvalue weighted by molar-refractivity contribution is -0.118. The van der Waals surface area contributed by atoms with Gasteiger partial charge in [-0.1, -0.05) is 0 Å². The predicted octanol–water partition coefficient (Wildman–Crippen LogP) is 1.36. The van der Waals surface area contributed by atoms with Gasteiger partial charge in [-0.15, -0.1) is 0 Å². The van der Waals surface area contributed by atoms with E-state index in [1.54, 1.807) is 12.3 Å². The second kappa shape index (κ2) is 7.07. The highest BCUT2D eigenvalue weighted by Gasteiger charge is 2.22. The topological polar surface area (TPSA) is 81.3 Å². The van der Waals surface area contributed by atoms with E-state index in [-0.39, 0.29) is 5.91 Å². The molecule has 1 fully saturated rings. The Morgan fingerprint density at radius 1 is 1.60 bits per heavy atom. The third kappa shape index (κ3) is 4.08. The molecule has 1 aliphatic heterocycles. The molecule has 0 aliphatic carbocycles. The normalized spacial score (nSPS) is 18.9. The average Bonchev–Trinajstić information content (AvgIpc) is 2.46. The molecular weight excluding hydrogens is 256 g/mol. The van der Waals surface area contributed by atoms with Crippen LogP contribution in [0.4, 0.5) is 5.95 Å². The highest BCUT2D eigenvalue weighted by molar-refractivity contribution is 5.73. The van der Waals surface area contributed by atoms with Gasteiger partial charge in [0.05, 0.1) is 6.61 Å². The van der Waals surface area contributed by atoms with Crippen LogP contribution in [0.5, 0.6) is 5.88 Å². The summed E-state index contributed by atoms with van der Waals surface area (Å²) >= 11 is 0. The van der Waals surface area contributed by atoms with Crippen LogP contribution in [0.2, 0.25) is 0 Å². The van der Waals surface area contributed by atoms with Crippen molar-refractivity contribution in [2.45, 2.75) is 32.6 Å². The third-order valence-electron chi connectivity index (χ3n) is 3.51. The van der Waals surface area contributed by atoms with Gasteiger partial charge < -0.3 is 15.4 Å². The van der Waals surface area contributed by atoms with Crippen molar-refractivity contribution in [2.75, 3.05) is 24.6 Å². The first kappa shape index (κ1) is 14.6. The van der Waals surface area contributed by atoms with E-state index in [2.05, 4.69) is 14.9 Å². The standard InChI is InChI=1S/C14H22N4O2/c1-2-20-13-7-8-16-14(17-13)18-9-3-4-11(10-18)5-6-12(15)19/h7-8,11H,2-6,9-10H2,1H3,(H2,15,19)/t11-/m0/s1. The quantitative estimate of drug-likeness (QED) is 0.849. The maximum Gasteiger partial charge on any atom is 0.228 e. The van der Waals surface area contributed by atoms with Crippen molar-refractivity contribution >= 4 is 11.9 Å². The number of nitrogens with two attached hydrogens (primary N) is 1. The molecule has 0 aromatic carbocycles. The maximum atomic E-state index is 10.9. The number of carbonyl (C=O) groups excluding carboxylic acids is 1. The molecule has 0 bridgehead atoms. The Morgan fingerprint density at radius 3 is 3.20 bits per heavy atom. The Balaban J connectivity index is 1.97. The van der Waals surface area contributed by atoms with Gasteiger partial charge in [0.2, 0.25) is 17.7 Å². The van der Waals surface area contributed by atoms with Gasteiger partial charge in [-0.05, 0) is 32.1 Å². The number of nitrogens with zero attached hydrogens (tertiary/aromatic N) is 3. The van der Waals surface area contributed by atoms with Gasteiger partial charge in [0.15, 0.2) is 0 Å². The van der Waals surface area contributed by atoms with E-state index < -0.39 is 0 Å². The minimum Gasteiger partial charge on any atom is -0.478 e. The first-order valence-corrected chi connectivity index (χ1v) is 7.18. The molecule has 1 saturated heterocycles. The van der Waals surface area contributed by atoms with E-state index >= 15 is 0 Å². The second-order valence-electron chi connectivity index (χ2n) is 5.09. The fourth-order valence-corrected chi connectivity index (χ4v) is 2.54.